The minimum Gasteiger partial charge on any atom is -0.480 e. The summed E-state index contributed by atoms with van der Waals surface area (Å²) in [6, 6.07) is -1.39. The molecule has 26 heavy (non-hydrogen) atoms. The van der Waals surface area contributed by atoms with Crippen molar-refractivity contribution in [3.05, 3.63) is 0 Å². The van der Waals surface area contributed by atoms with Gasteiger partial charge < -0.3 is 15.2 Å². The van der Waals surface area contributed by atoms with Gasteiger partial charge in [0.25, 0.3) is 5.92 Å². The number of halogens is 2. The van der Waals surface area contributed by atoms with Gasteiger partial charge in [-0.15, -0.1) is 0 Å². The van der Waals surface area contributed by atoms with Crippen LogP contribution in [0.5, 0.6) is 0 Å². The zero-order valence-corrected chi connectivity index (χ0v) is 15.1. The molecule has 2 N–H and O–H groups in total. The number of hydrogen-bond acceptors (Lipinski definition) is 5. The van der Waals surface area contributed by atoms with Gasteiger partial charge >= 0.3 is 11.9 Å². The normalized spacial score (nSPS) is 37.1. The number of ether oxygens (including phenoxy) is 1. The SMILES string of the molecule is CCOC(=O)[C@@H]1CC(F)(F)CN1C[C@H]1CC[C@H]2CN[C@H](C(=O)O)C[C@H]2C1. The molecule has 0 bridgehead atoms. The molecule has 0 aromatic heterocycles. The van der Waals surface area contributed by atoms with E-state index < -0.39 is 42.9 Å². The van der Waals surface area contributed by atoms with E-state index in [1.165, 1.54) is 0 Å². The quantitative estimate of drug-likeness (QED) is 0.714. The lowest BCUT2D eigenvalue weighted by Gasteiger charge is -2.42. The number of nitrogens with one attached hydrogen (secondary N) is 1. The van der Waals surface area contributed by atoms with E-state index in [4.69, 9.17) is 4.74 Å². The van der Waals surface area contributed by atoms with Gasteiger partial charge in [0.05, 0.1) is 13.2 Å². The van der Waals surface area contributed by atoms with Crippen LogP contribution in [0.2, 0.25) is 0 Å². The highest BCUT2D eigenvalue weighted by Crippen LogP contribution is 2.41. The highest BCUT2D eigenvalue weighted by Gasteiger charge is 2.49. The Balaban J connectivity index is 1.60. The zero-order valence-electron chi connectivity index (χ0n) is 15.1. The van der Waals surface area contributed by atoms with E-state index in [0.717, 1.165) is 19.3 Å². The summed E-state index contributed by atoms with van der Waals surface area (Å²) < 4.78 is 32.7. The number of alkyl halides is 2. The zero-order chi connectivity index (χ0) is 18.9. The summed E-state index contributed by atoms with van der Waals surface area (Å²) in [5, 5.41) is 12.3. The summed E-state index contributed by atoms with van der Waals surface area (Å²) in [5.41, 5.74) is 0. The molecule has 0 aromatic carbocycles. The van der Waals surface area contributed by atoms with Gasteiger partial charge in [0.15, 0.2) is 0 Å². The second-order valence-corrected chi connectivity index (χ2v) is 7.99. The molecule has 0 unspecified atom stereocenters. The van der Waals surface area contributed by atoms with E-state index in [1.54, 1.807) is 11.8 Å². The van der Waals surface area contributed by atoms with Crippen molar-refractivity contribution < 1.29 is 28.2 Å². The van der Waals surface area contributed by atoms with Crippen LogP contribution in [0, 0.1) is 17.8 Å². The van der Waals surface area contributed by atoms with Crippen LogP contribution in [0.3, 0.4) is 0 Å². The highest BCUT2D eigenvalue weighted by atomic mass is 19.3. The fraction of sp³-hybridized carbons (Fsp3) is 0.889. The van der Waals surface area contributed by atoms with Crippen LogP contribution < -0.4 is 5.32 Å². The molecule has 1 aliphatic carbocycles. The topological polar surface area (TPSA) is 78.9 Å². The van der Waals surface area contributed by atoms with Crippen molar-refractivity contribution in [3.63, 3.8) is 0 Å². The van der Waals surface area contributed by atoms with Crippen molar-refractivity contribution in [1.82, 2.24) is 10.2 Å². The molecule has 3 aliphatic rings. The largest absolute Gasteiger partial charge is 0.480 e. The van der Waals surface area contributed by atoms with E-state index in [0.29, 0.717) is 31.3 Å². The molecule has 5 atom stereocenters. The number of carbonyl (C=O) groups is 2. The fourth-order valence-corrected chi connectivity index (χ4v) is 4.89. The molecule has 2 saturated heterocycles. The standard InChI is InChI=1S/C18H28F2N2O4/c1-2-26-17(25)15-7-18(19,20)10-22(15)9-11-3-4-12-8-21-14(16(23)24)6-13(12)5-11/h11-15,21H,2-10H2,1H3,(H,23,24)/t11-,12-,13+,14-,15-/m0/s1. The molecule has 148 valence electrons. The van der Waals surface area contributed by atoms with Crippen LogP contribution in [0.25, 0.3) is 0 Å². The average Bonchev–Trinajstić information content (AvgIpc) is 2.89. The summed E-state index contributed by atoms with van der Waals surface area (Å²) in [5.74, 6) is -3.27. The number of likely N-dealkylation sites (tertiary alicyclic amines) is 1. The van der Waals surface area contributed by atoms with Gasteiger partial charge in [-0.05, 0) is 56.9 Å². The van der Waals surface area contributed by atoms with Crippen molar-refractivity contribution in [2.75, 3.05) is 26.2 Å². The Morgan fingerprint density at radius 1 is 1.27 bits per heavy atom. The van der Waals surface area contributed by atoms with Gasteiger partial charge in [0, 0.05) is 13.0 Å². The third-order valence-electron chi connectivity index (χ3n) is 6.13. The van der Waals surface area contributed by atoms with E-state index in [1.807, 2.05) is 0 Å². The first-order valence-corrected chi connectivity index (χ1v) is 9.53. The summed E-state index contributed by atoms with van der Waals surface area (Å²) in [7, 11) is 0. The molecule has 0 aromatic rings. The maximum absolute atomic E-state index is 13.9. The van der Waals surface area contributed by atoms with Crippen molar-refractivity contribution >= 4 is 11.9 Å². The number of aliphatic carboxylic acids is 1. The van der Waals surface area contributed by atoms with E-state index in [9.17, 15) is 23.5 Å². The molecule has 2 aliphatic heterocycles. The van der Waals surface area contributed by atoms with Crippen LogP contribution in [0.1, 0.15) is 39.0 Å². The van der Waals surface area contributed by atoms with Gasteiger partial charge in [0.1, 0.15) is 12.1 Å². The van der Waals surface area contributed by atoms with Crippen molar-refractivity contribution in [1.29, 1.82) is 0 Å². The minimum absolute atomic E-state index is 0.186. The van der Waals surface area contributed by atoms with Gasteiger partial charge in [-0.1, -0.05) is 0 Å². The van der Waals surface area contributed by atoms with E-state index >= 15 is 0 Å². The van der Waals surface area contributed by atoms with Gasteiger partial charge in [-0.25, -0.2) is 8.78 Å². The molecule has 6 nitrogen and oxygen atoms in total. The summed E-state index contributed by atoms with van der Waals surface area (Å²) >= 11 is 0. The van der Waals surface area contributed by atoms with Gasteiger partial charge in [-0.3, -0.25) is 14.5 Å². The monoisotopic (exact) mass is 374 g/mol. The number of esters is 1. The highest BCUT2D eigenvalue weighted by molar-refractivity contribution is 5.76. The molecule has 1 saturated carbocycles. The molecule has 0 radical (unpaired) electrons. The number of carbonyl (C=O) groups excluding carboxylic acids is 1. The van der Waals surface area contributed by atoms with Crippen LogP contribution in [-0.4, -0.2) is 66.2 Å². The number of rotatable bonds is 5. The number of carboxylic acids is 1. The molecule has 3 rings (SSSR count). The Labute approximate surface area is 152 Å². The van der Waals surface area contributed by atoms with E-state index in [-0.39, 0.29) is 12.5 Å². The number of piperidine rings is 1. The second kappa shape index (κ2) is 7.76. The first-order chi connectivity index (χ1) is 12.3. The van der Waals surface area contributed by atoms with Crippen LogP contribution in [0.4, 0.5) is 8.78 Å². The maximum atomic E-state index is 13.9. The Hall–Kier alpha value is -1.28. The van der Waals surface area contributed by atoms with Crippen molar-refractivity contribution in [3.8, 4) is 0 Å². The number of hydrogen-bond donors (Lipinski definition) is 2. The Bertz CT molecular complexity index is 545. The lowest BCUT2D eigenvalue weighted by atomic mass is 9.69. The Morgan fingerprint density at radius 2 is 2.04 bits per heavy atom. The summed E-state index contributed by atoms with van der Waals surface area (Å²) in [6.45, 7) is 2.62. The molecule has 0 spiro atoms. The van der Waals surface area contributed by atoms with Gasteiger partial charge in [0.2, 0.25) is 0 Å². The number of carboxylic acid groups (broad SMARTS) is 1. The molecule has 8 heteroatoms. The molecule has 2 heterocycles. The lowest BCUT2D eigenvalue weighted by molar-refractivity contribution is -0.149. The van der Waals surface area contributed by atoms with E-state index in [2.05, 4.69) is 5.32 Å². The number of nitrogens with zero attached hydrogens (tertiary/aromatic N) is 1. The summed E-state index contributed by atoms with van der Waals surface area (Å²) in [6.07, 6.45) is 2.86. The van der Waals surface area contributed by atoms with Crippen LogP contribution >= 0.6 is 0 Å². The third kappa shape index (κ3) is 4.34. The van der Waals surface area contributed by atoms with Gasteiger partial charge in [-0.2, -0.15) is 0 Å². The first kappa shape index (κ1) is 19.5. The first-order valence-electron chi connectivity index (χ1n) is 9.53. The smallest absolute Gasteiger partial charge is 0.323 e. The fourth-order valence-electron chi connectivity index (χ4n) is 4.89. The minimum atomic E-state index is -2.86. The Kier molecular flexibility index (Phi) is 5.81. The second-order valence-electron chi connectivity index (χ2n) is 7.99. The van der Waals surface area contributed by atoms with Crippen molar-refractivity contribution in [2.45, 2.75) is 57.0 Å². The predicted molar refractivity (Wildman–Crippen MR) is 89.9 cm³/mol. The predicted octanol–water partition coefficient (Wildman–Crippen LogP) is 1.74. The maximum Gasteiger partial charge on any atom is 0.323 e. The Morgan fingerprint density at radius 3 is 2.73 bits per heavy atom. The van der Waals surface area contributed by atoms with Crippen LogP contribution in [0.15, 0.2) is 0 Å². The van der Waals surface area contributed by atoms with Crippen LogP contribution in [-0.2, 0) is 14.3 Å². The third-order valence-corrected chi connectivity index (χ3v) is 6.13. The average molecular weight is 374 g/mol. The number of fused-ring (bicyclic) bond motifs is 1. The molecular weight excluding hydrogens is 346 g/mol. The summed E-state index contributed by atoms with van der Waals surface area (Å²) in [4.78, 5) is 24.9. The molecule has 3 fully saturated rings. The van der Waals surface area contributed by atoms with Crippen molar-refractivity contribution in [2.24, 2.45) is 17.8 Å². The molecule has 0 amide bonds. The molecular formula is C18H28F2N2O4. The lowest BCUT2D eigenvalue weighted by Crippen LogP contribution is -2.50.